The fourth-order valence-corrected chi connectivity index (χ4v) is 7.53. The number of nitrogens with zero attached hydrogens (tertiary/aromatic N) is 1. The van der Waals surface area contributed by atoms with Crippen LogP contribution in [0.2, 0.25) is 0 Å². The summed E-state index contributed by atoms with van der Waals surface area (Å²) in [7, 11) is 0. The molecule has 0 aromatic rings. The molecule has 0 heterocycles. The van der Waals surface area contributed by atoms with Gasteiger partial charge in [0.1, 0.15) is 0 Å². The third-order valence-electron chi connectivity index (χ3n) is 11.0. The summed E-state index contributed by atoms with van der Waals surface area (Å²) in [5.41, 5.74) is 0. The van der Waals surface area contributed by atoms with Crippen LogP contribution in [0.25, 0.3) is 0 Å². The molecule has 0 unspecified atom stereocenters. The van der Waals surface area contributed by atoms with Crippen molar-refractivity contribution < 1.29 is 19.7 Å². The van der Waals surface area contributed by atoms with Gasteiger partial charge in [0.25, 0.3) is 0 Å². The molecule has 0 aromatic carbocycles. The molecule has 0 aliphatic rings. The van der Waals surface area contributed by atoms with Crippen molar-refractivity contribution >= 4 is 0 Å². The Morgan fingerprint density at radius 3 is 1.29 bits per heavy atom. The summed E-state index contributed by atoms with van der Waals surface area (Å²) in [4.78, 5) is 2.40. The van der Waals surface area contributed by atoms with Gasteiger partial charge in [-0.1, -0.05) is 195 Å². The van der Waals surface area contributed by atoms with Gasteiger partial charge >= 0.3 is 0 Å². The molecule has 51 heavy (non-hydrogen) atoms. The molecular formula is C46H95NO4. The van der Waals surface area contributed by atoms with Gasteiger partial charge in [0.15, 0.2) is 6.29 Å². The molecule has 1 atom stereocenters. The second kappa shape index (κ2) is 42.5. The van der Waals surface area contributed by atoms with Crippen LogP contribution in [0, 0.1) is 5.92 Å². The van der Waals surface area contributed by atoms with Crippen LogP contribution in [-0.4, -0.2) is 67.0 Å². The predicted octanol–water partition coefficient (Wildman–Crippen LogP) is 13.6. The van der Waals surface area contributed by atoms with E-state index in [0.29, 0.717) is 0 Å². The van der Waals surface area contributed by atoms with E-state index in [-0.39, 0.29) is 19.0 Å². The first-order chi connectivity index (χ1) is 25.1. The summed E-state index contributed by atoms with van der Waals surface area (Å²) in [5.74, 6) is 0.953. The fourth-order valence-electron chi connectivity index (χ4n) is 7.53. The Labute approximate surface area is 321 Å². The van der Waals surface area contributed by atoms with Crippen LogP contribution in [0.1, 0.15) is 240 Å². The molecular weight excluding hydrogens is 631 g/mol. The quantitative estimate of drug-likeness (QED) is 0.0484. The first-order valence-electron chi connectivity index (χ1n) is 23.3. The smallest absolute Gasteiger partial charge is 0.157 e. The highest BCUT2D eigenvalue weighted by Gasteiger charge is 2.13. The maximum Gasteiger partial charge on any atom is 0.157 e. The lowest BCUT2D eigenvalue weighted by atomic mass is 9.90. The van der Waals surface area contributed by atoms with E-state index < -0.39 is 0 Å². The van der Waals surface area contributed by atoms with Gasteiger partial charge < -0.3 is 24.6 Å². The number of unbranched alkanes of at least 4 members (excludes halogenated alkanes) is 21. The minimum Gasteiger partial charge on any atom is -0.396 e. The van der Waals surface area contributed by atoms with Gasteiger partial charge in [0, 0.05) is 32.9 Å². The molecule has 0 amide bonds. The zero-order chi connectivity index (χ0) is 37.3. The lowest BCUT2D eigenvalue weighted by Gasteiger charge is -2.25. The molecule has 0 spiro atoms. The molecule has 0 fully saturated rings. The van der Waals surface area contributed by atoms with E-state index in [9.17, 15) is 10.2 Å². The summed E-state index contributed by atoms with van der Waals surface area (Å²) in [6, 6.07) is 0. The average molecular weight is 726 g/mol. The summed E-state index contributed by atoms with van der Waals surface area (Å²) in [6.07, 6.45) is 41.6. The van der Waals surface area contributed by atoms with Crippen LogP contribution < -0.4 is 0 Å². The molecule has 0 saturated heterocycles. The van der Waals surface area contributed by atoms with Gasteiger partial charge in [0.05, 0.1) is 6.10 Å². The Kier molecular flexibility index (Phi) is 42.4. The van der Waals surface area contributed by atoms with Crippen LogP contribution in [0.15, 0.2) is 0 Å². The lowest BCUT2D eigenvalue weighted by Crippen LogP contribution is -2.34. The van der Waals surface area contributed by atoms with Gasteiger partial charge in [-0.05, 0) is 57.4 Å². The van der Waals surface area contributed by atoms with E-state index in [1.807, 2.05) is 0 Å². The molecule has 0 saturated carbocycles. The molecule has 0 aliphatic carbocycles. The predicted molar refractivity (Wildman–Crippen MR) is 224 cm³/mol. The van der Waals surface area contributed by atoms with Crippen LogP contribution in [0.4, 0.5) is 0 Å². The van der Waals surface area contributed by atoms with Crippen molar-refractivity contribution in [2.24, 2.45) is 5.92 Å². The maximum atomic E-state index is 10.9. The first kappa shape index (κ1) is 50.8. The summed E-state index contributed by atoms with van der Waals surface area (Å²) >= 11 is 0. The SMILES string of the molecule is CCCCCCCCOC(CCCCCCN(CCCO)C[C@@H](O)CCCCCCCC(CCCCC)CCCCC)OCCCCCCCC. The van der Waals surface area contributed by atoms with E-state index in [1.54, 1.807) is 0 Å². The zero-order valence-corrected chi connectivity index (χ0v) is 35.5. The molecule has 0 bridgehead atoms. The molecule has 0 aliphatic heterocycles. The minimum absolute atomic E-state index is 0.0458. The third-order valence-corrected chi connectivity index (χ3v) is 11.0. The second-order valence-corrected chi connectivity index (χ2v) is 16.1. The summed E-state index contributed by atoms with van der Waals surface area (Å²) in [6.45, 7) is 13.7. The van der Waals surface area contributed by atoms with Crippen molar-refractivity contribution in [3.05, 3.63) is 0 Å². The van der Waals surface area contributed by atoms with Gasteiger partial charge in [-0.2, -0.15) is 0 Å². The Balaban J connectivity index is 4.29. The number of aliphatic hydroxyl groups excluding tert-OH is 2. The Hall–Kier alpha value is -0.200. The highest BCUT2D eigenvalue weighted by atomic mass is 16.7. The van der Waals surface area contributed by atoms with Crippen molar-refractivity contribution in [3.8, 4) is 0 Å². The number of aliphatic hydroxyl groups is 2. The Morgan fingerprint density at radius 1 is 0.412 bits per heavy atom. The van der Waals surface area contributed by atoms with Crippen LogP contribution in [0.3, 0.4) is 0 Å². The third kappa shape index (κ3) is 37.9. The number of ether oxygens (including phenoxy) is 2. The van der Waals surface area contributed by atoms with Gasteiger partial charge in [-0.25, -0.2) is 0 Å². The fraction of sp³-hybridized carbons (Fsp3) is 1.00. The molecule has 5 nitrogen and oxygen atoms in total. The Bertz CT molecular complexity index is 606. The first-order valence-corrected chi connectivity index (χ1v) is 23.3. The molecule has 0 rings (SSSR count). The molecule has 0 radical (unpaired) electrons. The van der Waals surface area contributed by atoms with Crippen LogP contribution >= 0.6 is 0 Å². The second-order valence-electron chi connectivity index (χ2n) is 16.1. The van der Waals surface area contributed by atoms with Crippen molar-refractivity contribution in [1.29, 1.82) is 0 Å². The van der Waals surface area contributed by atoms with E-state index >= 15 is 0 Å². The average Bonchev–Trinajstić information content (AvgIpc) is 3.13. The lowest BCUT2D eigenvalue weighted by molar-refractivity contribution is -0.148. The minimum atomic E-state index is -0.251. The van der Waals surface area contributed by atoms with Gasteiger partial charge in [-0.3, -0.25) is 0 Å². The molecule has 308 valence electrons. The number of hydrogen-bond acceptors (Lipinski definition) is 5. The molecule has 0 aromatic heterocycles. The topological polar surface area (TPSA) is 62.2 Å². The molecule has 5 heteroatoms. The largest absolute Gasteiger partial charge is 0.396 e. The highest BCUT2D eigenvalue weighted by molar-refractivity contribution is 4.67. The monoisotopic (exact) mass is 726 g/mol. The maximum absolute atomic E-state index is 10.9. The van der Waals surface area contributed by atoms with E-state index in [2.05, 4.69) is 32.6 Å². The standard InChI is InChI=1S/C46H95NO4/c1-5-9-13-15-22-30-41-50-46(51-42-31-23-16-14-10-6-2)37-28-20-21-29-38-47(39-32-40-48)43-45(49)36-27-19-17-18-26-35-44(33-24-11-7-3)34-25-12-8-4/h44-46,48-49H,5-43H2,1-4H3/t45-/m0/s1. The normalized spacial score (nSPS) is 12.6. The summed E-state index contributed by atoms with van der Waals surface area (Å²) in [5, 5.41) is 20.3. The highest BCUT2D eigenvalue weighted by Crippen LogP contribution is 2.24. The van der Waals surface area contributed by atoms with Crippen LogP contribution in [-0.2, 0) is 9.47 Å². The van der Waals surface area contributed by atoms with Crippen molar-refractivity contribution in [2.45, 2.75) is 252 Å². The van der Waals surface area contributed by atoms with E-state index in [0.717, 1.165) is 90.1 Å². The summed E-state index contributed by atoms with van der Waals surface area (Å²) < 4.78 is 12.5. The van der Waals surface area contributed by atoms with E-state index in [4.69, 9.17) is 9.47 Å². The van der Waals surface area contributed by atoms with Crippen molar-refractivity contribution in [3.63, 3.8) is 0 Å². The Morgan fingerprint density at radius 2 is 0.784 bits per heavy atom. The van der Waals surface area contributed by atoms with Crippen molar-refractivity contribution in [2.75, 3.05) is 39.5 Å². The number of hydrogen-bond donors (Lipinski definition) is 2. The van der Waals surface area contributed by atoms with Gasteiger partial charge in [-0.15, -0.1) is 0 Å². The van der Waals surface area contributed by atoms with Crippen LogP contribution in [0.5, 0.6) is 0 Å². The number of rotatable bonds is 44. The zero-order valence-electron chi connectivity index (χ0n) is 35.5. The van der Waals surface area contributed by atoms with E-state index in [1.165, 1.54) is 161 Å². The van der Waals surface area contributed by atoms with Crippen molar-refractivity contribution in [1.82, 2.24) is 4.90 Å². The van der Waals surface area contributed by atoms with Gasteiger partial charge in [0.2, 0.25) is 0 Å². The molecule has 2 N–H and O–H groups in total.